The van der Waals surface area contributed by atoms with E-state index >= 15 is 0 Å². The number of methoxy groups -OCH3 is 3. The Morgan fingerprint density at radius 1 is 0.593 bits per heavy atom. The van der Waals surface area contributed by atoms with Gasteiger partial charge in [0.25, 0.3) is 0 Å². The van der Waals surface area contributed by atoms with Crippen molar-refractivity contribution in [2.45, 2.75) is 0 Å². The summed E-state index contributed by atoms with van der Waals surface area (Å²) in [5.41, 5.74) is 5.47. The average molecular weight is 359 g/mol. The van der Waals surface area contributed by atoms with Crippen LogP contribution in [0.3, 0.4) is 0 Å². The Morgan fingerprint density at radius 2 is 1.11 bits per heavy atom. The Labute approximate surface area is 158 Å². The summed E-state index contributed by atoms with van der Waals surface area (Å²) in [7, 11) is 5.03. The molecule has 0 bridgehead atoms. The minimum atomic E-state index is 0.825. The molecule has 1 heterocycles. The highest BCUT2D eigenvalue weighted by Gasteiger charge is 2.16. The van der Waals surface area contributed by atoms with Gasteiger partial charge >= 0.3 is 0 Å². The van der Waals surface area contributed by atoms with E-state index in [0.29, 0.717) is 0 Å². The van der Waals surface area contributed by atoms with Gasteiger partial charge in [-0.3, -0.25) is 0 Å². The second-order valence-electron chi connectivity index (χ2n) is 6.24. The van der Waals surface area contributed by atoms with Crippen molar-refractivity contribution in [1.29, 1.82) is 0 Å². The van der Waals surface area contributed by atoms with Crippen LogP contribution in [0.2, 0.25) is 0 Å². The summed E-state index contributed by atoms with van der Waals surface area (Å²) < 4.78 is 16.0. The molecule has 4 nitrogen and oxygen atoms in total. The molecule has 0 atom stereocenters. The van der Waals surface area contributed by atoms with Gasteiger partial charge in [0, 0.05) is 17.0 Å². The molecule has 4 rings (SSSR count). The van der Waals surface area contributed by atoms with E-state index in [0.717, 1.165) is 50.5 Å². The Bertz CT molecular complexity index is 1060. The molecule has 27 heavy (non-hydrogen) atoms. The molecule has 0 fully saturated rings. The van der Waals surface area contributed by atoms with Crippen LogP contribution in [0, 0.1) is 0 Å². The first-order valence-electron chi connectivity index (χ1n) is 8.72. The summed E-state index contributed by atoms with van der Waals surface area (Å²) in [5, 5.41) is 1.15. The fourth-order valence-corrected chi connectivity index (χ4v) is 3.34. The lowest BCUT2D eigenvalue weighted by atomic mass is 9.98. The monoisotopic (exact) mass is 359 g/mol. The molecular formula is C23H21NO3. The summed E-state index contributed by atoms with van der Waals surface area (Å²) in [6.07, 6.45) is 0. The smallest absolute Gasteiger partial charge is 0.120 e. The lowest BCUT2D eigenvalue weighted by molar-refractivity contribution is 0.414. The molecule has 3 aromatic carbocycles. The number of aromatic nitrogens is 1. The van der Waals surface area contributed by atoms with Crippen molar-refractivity contribution in [2.24, 2.45) is 0 Å². The Balaban J connectivity index is 1.94. The maximum Gasteiger partial charge on any atom is 0.120 e. The first-order valence-corrected chi connectivity index (χ1v) is 8.72. The van der Waals surface area contributed by atoms with E-state index < -0.39 is 0 Å². The molecule has 0 aliphatic rings. The minimum absolute atomic E-state index is 0.825. The first-order chi connectivity index (χ1) is 13.2. The van der Waals surface area contributed by atoms with Gasteiger partial charge in [0.15, 0.2) is 0 Å². The fraction of sp³-hybridized carbons (Fsp3) is 0.130. The largest absolute Gasteiger partial charge is 0.497 e. The summed E-state index contributed by atoms with van der Waals surface area (Å²) in [6, 6.07) is 22.3. The van der Waals surface area contributed by atoms with Crippen LogP contribution in [-0.4, -0.2) is 26.3 Å². The maximum atomic E-state index is 5.39. The Kier molecular flexibility index (Phi) is 4.47. The minimum Gasteiger partial charge on any atom is -0.497 e. The van der Waals surface area contributed by atoms with Crippen LogP contribution in [0.5, 0.6) is 17.2 Å². The third kappa shape index (κ3) is 3.10. The number of hydrogen-bond acceptors (Lipinski definition) is 3. The standard InChI is InChI=1S/C23H21NO3/c1-25-17-8-4-15(5-9-17)22-20-13-12-19(27-3)14-21(20)24-23(22)16-6-10-18(26-2)11-7-16/h4-14,24H,1-3H3. The van der Waals surface area contributed by atoms with Crippen LogP contribution in [0.4, 0.5) is 0 Å². The van der Waals surface area contributed by atoms with Crippen molar-refractivity contribution in [2.75, 3.05) is 21.3 Å². The molecule has 0 unspecified atom stereocenters. The van der Waals surface area contributed by atoms with E-state index in [1.54, 1.807) is 21.3 Å². The van der Waals surface area contributed by atoms with Gasteiger partial charge in [-0.15, -0.1) is 0 Å². The Hall–Kier alpha value is -3.40. The first kappa shape index (κ1) is 17.0. The Morgan fingerprint density at radius 3 is 1.67 bits per heavy atom. The summed E-state index contributed by atoms with van der Waals surface area (Å²) in [4.78, 5) is 3.57. The average Bonchev–Trinajstić information content (AvgIpc) is 3.12. The van der Waals surface area contributed by atoms with Crippen molar-refractivity contribution in [3.05, 3.63) is 66.7 Å². The topological polar surface area (TPSA) is 43.5 Å². The number of fused-ring (bicyclic) bond motifs is 1. The van der Waals surface area contributed by atoms with Crippen molar-refractivity contribution in [3.63, 3.8) is 0 Å². The zero-order chi connectivity index (χ0) is 18.8. The lowest BCUT2D eigenvalue weighted by Crippen LogP contribution is -1.86. The number of benzene rings is 3. The van der Waals surface area contributed by atoms with Crippen LogP contribution in [-0.2, 0) is 0 Å². The number of nitrogens with one attached hydrogen (secondary N) is 1. The van der Waals surface area contributed by atoms with E-state index in [9.17, 15) is 0 Å². The van der Waals surface area contributed by atoms with Gasteiger partial charge in [0.05, 0.1) is 32.5 Å². The number of rotatable bonds is 5. The third-order valence-electron chi connectivity index (χ3n) is 4.76. The molecular weight excluding hydrogens is 338 g/mol. The highest BCUT2D eigenvalue weighted by atomic mass is 16.5. The zero-order valence-electron chi connectivity index (χ0n) is 15.6. The van der Waals surface area contributed by atoms with Gasteiger partial charge in [-0.05, 0) is 59.7 Å². The second-order valence-corrected chi connectivity index (χ2v) is 6.24. The van der Waals surface area contributed by atoms with Crippen molar-refractivity contribution in [3.8, 4) is 39.6 Å². The quantitative estimate of drug-likeness (QED) is 0.510. The molecule has 0 aliphatic heterocycles. The van der Waals surface area contributed by atoms with Crippen LogP contribution in [0.15, 0.2) is 66.7 Å². The van der Waals surface area contributed by atoms with Gasteiger partial charge in [-0.2, -0.15) is 0 Å². The van der Waals surface area contributed by atoms with Crippen molar-refractivity contribution >= 4 is 10.9 Å². The molecule has 0 amide bonds. The lowest BCUT2D eigenvalue weighted by Gasteiger charge is -2.08. The molecule has 136 valence electrons. The summed E-state index contributed by atoms with van der Waals surface area (Å²) in [5.74, 6) is 2.50. The van der Waals surface area contributed by atoms with E-state index in [-0.39, 0.29) is 0 Å². The summed E-state index contributed by atoms with van der Waals surface area (Å²) in [6.45, 7) is 0. The molecule has 4 heteroatoms. The third-order valence-corrected chi connectivity index (χ3v) is 4.76. The van der Waals surface area contributed by atoms with Crippen LogP contribution < -0.4 is 14.2 Å². The number of H-pyrrole nitrogens is 1. The van der Waals surface area contributed by atoms with E-state index in [1.807, 2.05) is 36.4 Å². The number of aromatic amines is 1. The highest BCUT2D eigenvalue weighted by molar-refractivity contribution is 6.04. The number of ether oxygens (including phenoxy) is 3. The second kappa shape index (κ2) is 7.08. The normalized spacial score (nSPS) is 10.8. The fourth-order valence-electron chi connectivity index (χ4n) is 3.34. The van der Waals surface area contributed by atoms with Gasteiger partial charge in [0.1, 0.15) is 17.2 Å². The molecule has 0 radical (unpaired) electrons. The molecule has 0 saturated heterocycles. The maximum absolute atomic E-state index is 5.39. The van der Waals surface area contributed by atoms with E-state index in [2.05, 4.69) is 35.3 Å². The van der Waals surface area contributed by atoms with Crippen molar-refractivity contribution < 1.29 is 14.2 Å². The van der Waals surface area contributed by atoms with Crippen LogP contribution in [0.25, 0.3) is 33.3 Å². The number of hydrogen-bond donors (Lipinski definition) is 1. The van der Waals surface area contributed by atoms with Crippen LogP contribution in [0.1, 0.15) is 0 Å². The van der Waals surface area contributed by atoms with Crippen molar-refractivity contribution in [1.82, 2.24) is 4.98 Å². The van der Waals surface area contributed by atoms with E-state index in [1.165, 1.54) is 0 Å². The van der Waals surface area contributed by atoms with Gasteiger partial charge < -0.3 is 19.2 Å². The van der Waals surface area contributed by atoms with Gasteiger partial charge in [-0.25, -0.2) is 0 Å². The van der Waals surface area contributed by atoms with Gasteiger partial charge in [-0.1, -0.05) is 12.1 Å². The highest BCUT2D eigenvalue weighted by Crippen LogP contribution is 2.40. The van der Waals surface area contributed by atoms with E-state index in [4.69, 9.17) is 14.2 Å². The predicted molar refractivity (Wildman–Crippen MR) is 109 cm³/mol. The molecule has 1 aromatic heterocycles. The van der Waals surface area contributed by atoms with Gasteiger partial charge in [0.2, 0.25) is 0 Å². The predicted octanol–water partition coefficient (Wildman–Crippen LogP) is 5.53. The molecule has 0 spiro atoms. The summed E-state index contributed by atoms with van der Waals surface area (Å²) >= 11 is 0. The van der Waals surface area contributed by atoms with Crippen LogP contribution >= 0.6 is 0 Å². The zero-order valence-corrected chi connectivity index (χ0v) is 15.6. The molecule has 0 aliphatic carbocycles. The molecule has 4 aromatic rings. The molecule has 1 N–H and O–H groups in total. The SMILES string of the molecule is COc1ccc(-c2[nH]c3cc(OC)ccc3c2-c2ccc(OC)cc2)cc1. The molecule has 0 saturated carbocycles.